The molecule has 0 aromatic heterocycles. The first-order valence-electron chi connectivity index (χ1n) is 8.05. The van der Waals surface area contributed by atoms with Crippen LogP contribution in [0.3, 0.4) is 0 Å². The summed E-state index contributed by atoms with van der Waals surface area (Å²) in [4.78, 5) is 12.5. The largest absolute Gasteiger partial charge is 0.299 e. The number of allylic oxidation sites excluding steroid dienone is 7. The Morgan fingerprint density at radius 1 is 1.00 bits per heavy atom. The van der Waals surface area contributed by atoms with E-state index in [9.17, 15) is 4.79 Å². The Morgan fingerprint density at radius 3 is 2.10 bits per heavy atom. The Labute approximate surface area is 130 Å². The highest BCUT2D eigenvalue weighted by Crippen LogP contribution is 2.22. The Hall–Kier alpha value is -1.37. The maximum absolute atomic E-state index is 12.5. The van der Waals surface area contributed by atoms with Gasteiger partial charge in [-0.25, -0.2) is 0 Å². The molecule has 0 spiro atoms. The van der Waals surface area contributed by atoms with Crippen molar-refractivity contribution in [2.45, 2.75) is 66.2 Å². The minimum Gasteiger partial charge on any atom is -0.299 e. The van der Waals surface area contributed by atoms with Crippen molar-refractivity contribution < 1.29 is 4.79 Å². The van der Waals surface area contributed by atoms with E-state index >= 15 is 0 Å². The van der Waals surface area contributed by atoms with Crippen LogP contribution in [0, 0.1) is 5.92 Å². The molecule has 0 saturated carbocycles. The van der Waals surface area contributed by atoms with Crippen molar-refractivity contribution in [3.8, 4) is 0 Å². The van der Waals surface area contributed by atoms with Crippen LogP contribution in [-0.2, 0) is 4.79 Å². The molecule has 1 rings (SSSR count). The summed E-state index contributed by atoms with van der Waals surface area (Å²) in [6.07, 6.45) is 12.5. The summed E-state index contributed by atoms with van der Waals surface area (Å²) in [6, 6.07) is 0. The third kappa shape index (κ3) is 6.75. The normalized spacial score (nSPS) is 30.2. The van der Waals surface area contributed by atoms with Gasteiger partial charge in [-0.15, -0.1) is 0 Å². The average molecular weight is 286 g/mol. The van der Waals surface area contributed by atoms with E-state index in [0.717, 1.165) is 37.7 Å². The van der Waals surface area contributed by atoms with Crippen LogP contribution >= 0.6 is 0 Å². The minimum absolute atomic E-state index is 0.0245. The smallest absolute Gasteiger partial charge is 0.144 e. The van der Waals surface area contributed by atoms with E-state index in [-0.39, 0.29) is 5.92 Å². The molecule has 0 aromatic carbocycles. The Kier molecular flexibility index (Phi) is 7.42. The van der Waals surface area contributed by atoms with Crippen LogP contribution in [0.15, 0.2) is 47.1 Å². The predicted octanol–water partition coefficient (Wildman–Crippen LogP) is 5.94. The highest BCUT2D eigenvalue weighted by atomic mass is 16.1. The summed E-state index contributed by atoms with van der Waals surface area (Å²) in [5.41, 5.74) is 5.01. The fraction of sp³-hybridized carbons (Fsp3) is 0.550. The molecule has 0 bridgehead atoms. The van der Waals surface area contributed by atoms with Gasteiger partial charge in [0, 0.05) is 12.3 Å². The van der Waals surface area contributed by atoms with Crippen LogP contribution in [0.2, 0.25) is 0 Å². The SMILES string of the molecule is C=C(C)[C@H]1C/C=C(\C)CC/C=C(/C)CC/C=C(\C)CC1=O. The summed E-state index contributed by atoms with van der Waals surface area (Å²) in [5, 5.41) is 0. The van der Waals surface area contributed by atoms with Crippen molar-refractivity contribution in [2.75, 3.05) is 0 Å². The van der Waals surface area contributed by atoms with Gasteiger partial charge in [0.25, 0.3) is 0 Å². The highest BCUT2D eigenvalue weighted by molar-refractivity contribution is 5.85. The second-order valence-electron chi connectivity index (χ2n) is 6.51. The van der Waals surface area contributed by atoms with Gasteiger partial charge in [0.2, 0.25) is 0 Å². The van der Waals surface area contributed by atoms with E-state index in [1.54, 1.807) is 0 Å². The molecule has 21 heavy (non-hydrogen) atoms. The van der Waals surface area contributed by atoms with Gasteiger partial charge in [0.15, 0.2) is 0 Å². The average Bonchev–Trinajstić information content (AvgIpc) is 2.37. The molecule has 0 aliphatic heterocycles. The van der Waals surface area contributed by atoms with Gasteiger partial charge in [0.05, 0.1) is 0 Å². The zero-order valence-corrected chi connectivity index (χ0v) is 14.2. The van der Waals surface area contributed by atoms with Gasteiger partial charge < -0.3 is 0 Å². The lowest BCUT2D eigenvalue weighted by Gasteiger charge is -2.15. The summed E-state index contributed by atoms with van der Waals surface area (Å²) < 4.78 is 0. The third-order valence-electron chi connectivity index (χ3n) is 4.20. The predicted molar refractivity (Wildman–Crippen MR) is 92.3 cm³/mol. The van der Waals surface area contributed by atoms with Crippen molar-refractivity contribution in [1.29, 1.82) is 0 Å². The molecule has 0 heterocycles. The van der Waals surface area contributed by atoms with E-state index in [1.807, 2.05) is 6.92 Å². The lowest BCUT2D eigenvalue weighted by Crippen LogP contribution is -2.15. The number of hydrogen-bond acceptors (Lipinski definition) is 1. The fourth-order valence-electron chi connectivity index (χ4n) is 2.69. The lowest BCUT2D eigenvalue weighted by atomic mass is 9.88. The standard InChI is InChI=1S/C20H30O/c1-15(2)19-13-12-17(4)10-6-8-16(3)9-7-11-18(5)14-20(19)21/h8,11-12,19H,1,6-7,9-10,13-14H2,2-5H3/b16-8-,17-12+,18-11+/t19-/m1/s1. The molecule has 0 saturated heterocycles. The zero-order chi connectivity index (χ0) is 15.8. The molecule has 0 N–H and O–H groups in total. The maximum Gasteiger partial charge on any atom is 0.144 e. The fourth-order valence-corrected chi connectivity index (χ4v) is 2.69. The van der Waals surface area contributed by atoms with Gasteiger partial charge in [0.1, 0.15) is 5.78 Å². The first-order chi connectivity index (χ1) is 9.90. The van der Waals surface area contributed by atoms with Gasteiger partial charge in [-0.2, -0.15) is 0 Å². The molecule has 1 aliphatic carbocycles. The molecule has 1 atom stereocenters. The van der Waals surface area contributed by atoms with Crippen molar-refractivity contribution in [2.24, 2.45) is 5.92 Å². The second-order valence-corrected chi connectivity index (χ2v) is 6.51. The van der Waals surface area contributed by atoms with Crippen molar-refractivity contribution in [3.05, 3.63) is 47.1 Å². The molecule has 0 aromatic rings. The molecular formula is C20H30O. The highest BCUT2D eigenvalue weighted by Gasteiger charge is 2.18. The van der Waals surface area contributed by atoms with Crippen LogP contribution in [0.4, 0.5) is 0 Å². The molecule has 0 radical (unpaired) electrons. The van der Waals surface area contributed by atoms with E-state index < -0.39 is 0 Å². The number of carbonyl (C=O) groups is 1. The number of hydrogen-bond donors (Lipinski definition) is 0. The van der Waals surface area contributed by atoms with Crippen molar-refractivity contribution >= 4 is 5.78 Å². The monoisotopic (exact) mass is 286 g/mol. The zero-order valence-electron chi connectivity index (χ0n) is 14.2. The number of carbonyl (C=O) groups excluding carboxylic acids is 1. The molecule has 0 amide bonds. The molecule has 1 aliphatic rings. The Balaban J connectivity index is 2.92. The van der Waals surface area contributed by atoms with Crippen LogP contribution in [0.5, 0.6) is 0 Å². The number of Topliss-reactive ketones (excluding diaryl/α,β-unsaturated/α-hetero) is 1. The molecule has 116 valence electrons. The van der Waals surface area contributed by atoms with Crippen LogP contribution in [0.1, 0.15) is 66.2 Å². The van der Waals surface area contributed by atoms with Gasteiger partial charge in [-0.3, -0.25) is 4.79 Å². The molecular weight excluding hydrogens is 256 g/mol. The molecule has 0 unspecified atom stereocenters. The van der Waals surface area contributed by atoms with Crippen LogP contribution in [0.25, 0.3) is 0 Å². The quantitative estimate of drug-likeness (QED) is 0.545. The third-order valence-corrected chi connectivity index (χ3v) is 4.20. The maximum atomic E-state index is 12.5. The number of ketones is 1. The minimum atomic E-state index is -0.0245. The Morgan fingerprint density at radius 2 is 1.52 bits per heavy atom. The summed E-state index contributed by atoms with van der Waals surface area (Å²) in [6.45, 7) is 12.4. The summed E-state index contributed by atoms with van der Waals surface area (Å²) in [5.74, 6) is 0.285. The molecule has 1 heteroatoms. The van der Waals surface area contributed by atoms with Crippen molar-refractivity contribution in [3.63, 3.8) is 0 Å². The Bertz CT molecular complexity index is 474. The van der Waals surface area contributed by atoms with Crippen LogP contribution in [-0.4, -0.2) is 5.78 Å². The summed E-state index contributed by atoms with van der Waals surface area (Å²) in [7, 11) is 0. The van der Waals surface area contributed by atoms with Crippen LogP contribution < -0.4 is 0 Å². The first kappa shape index (κ1) is 17.7. The van der Waals surface area contributed by atoms with Gasteiger partial charge in [-0.1, -0.05) is 47.1 Å². The summed E-state index contributed by atoms with van der Waals surface area (Å²) >= 11 is 0. The molecule has 1 nitrogen and oxygen atoms in total. The first-order valence-corrected chi connectivity index (χ1v) is 8.05. The van der Waals surface area contributed by atoms with Gasteiger partial charge in [-0.05, 0) is 59.8 Å². The van der Waals surface area contributed by atoms with E-state index in [0.29, 0.717) is 12.2 Å². The van der Waals surface area contributed by atoms with E-state index in [2.05, 4.69) is 45.6 Å². The molecule has 0 fully saturated rings. The topological polar surface area (TPSA) is 17.1 Å². The lowest BCUT2D eigenvalue weighted by molar-refractivity contribution is -0.121. The van der Waals surface area contributed by atoms with E-state index in [4.69, 9.17) is 0 Å². The number of rotatable bonds is 1. The second kappa shape index (κ2) is 8.81. The van der Waals surface area contributed by atoms with E-state index in [1.165, 1.54) is 16.7 Å². The van der Waals surface area contributed by atoms with Gasteiger partial charge >= 0.3 is 0 Å². The van der Waals surface area contributed by atoms with Crippen molar-refractivity contribution in [1.82, 2.24) is 0 Å².